The highest BCUT2D eigenvalue weighted by atomic mass is 79.9. The second-order valence-electron chi connectivity index (χ2n) is 2.94. The van der Waals surface area contributed by atoms with Crippen LogP contribution in [0, 0.1) is 5.92 Å². The zero-order chi connectivity index (χ0) is 9.68. The van der Waals surface area contributed by atoms with Crippen LogP contribution in [0.15, 0.2) is 22.9 Å². The van der Waals surface area contributed by atoms with Gasteiger partial charge in [-0.1, -0.05) is 6.92 Å². The lowest BCUT2D eigenvalue weighted by molar-refractivity contribution is 0.174. The number of ether oxygens (including phenoxy) is 1. The number of hydrogen-bond acceptors (Lipinski definition) is 3. The molecule has 0 radical (unpaired) electrons. The molecule has 72 valence electrons. The summed E-state index contributed by atoms with van der Waals surface area (Å²) in [5.41, 5.74) is 0. The van der Waals surface area contributed by atoms with Gasteiger partial charge >= 0.3 is 0 Å². The molecule has 1 heterocycles. The Kier molecular flexibility index (Phi) is 4.18. The third-order valence-electron chi connectivity index (χ3n) is 1.53. The summed E-state index contributed by atoms with van der Waals surface area (Å²) < 4.78 is 6.28. The molecule has 13 heavy (non-hydrogen) atoms. The number of halogens is 1. The third-order valence-corrected chi connectivity index (χ3v) is 1.96. The van der Waals surface area contributed by atoms with Crippen LogP contribution in [0.25, 0.3) is 0 Å². The molecular weight excluding hydrogens is 234 g/mol. The van der Waals surface area contributed by atoms with Gasteiger partial charge in [0.2, 0.25) is 0 Å². The molecule has 0 saturated carbocycles. The van der Waals surface area contributed by atoms with Crippen LogP contribution in [0.4, 0.5) is 0 Å². The van der Waals surface area contributed by atoms with E-state index in [2.05, 4.69) is 20.9 Å². The molecule has 1 aromatic heterocycles. The maximum atomic E-state index is 8.76. The van der Waals surface area contributed by atoms with E-state index >= 15 is 0 Å². The minimum absolute atomic E-state index is 0.140. The van der Waals surface area contributed by atoms with Gasteiger partial charge in [-0.3, -0.25) is 4.98 Å². The first kappa shape index (κ1) is 10.5. The standard InChI is InChI=1S/C9H12BrNO2/c1-7(5-12)6-13-9-2-8(10)3-11-4-9/h2-4,7,12H,5-6H2,1H3. The molecule has 0 aromatic carbocycles. The van der Waals surface area contributed by atoms with Gasteiger partial charge < -0.3 is 9.84 Å². The van der Waals surface area contributed by atoms with Crippen molar-refractivity contribution in [3.05, 3.63) is 22.9 Å². The van der Waals surface area contributed by atoms with Crippen molar-refractivity contribution in [2.45, 2.75) is 6.92 Å². The smallest absolute Gasteiger partial charge is 0.138 e. The fraction of sp³-hybridized carbons (Fsp3) is 0.444. The summed E-state index contributed by atoms with van der Waals surface area (Å²) in [6.45, 7) is 2.57. The monoisotopic (exact) mass is 245 g/mol. The maximum absolute atomic E-state index is 8.76. The summed E-state index contributed by atoms with van der Waals surface area (Å²) in [5.74, 6) is 0.869. The Labute approximate surface area is 85.9 Å². The van der Waals surface area contributed by atoms with Crippen molar-refractivity contribution in [1.82, 2.24) is 4.98 Å². The Balaban J connectivity index is 2.45. The molecule has 1 aromatic rings. The molecule has 1 unspecified atom stereocenters. The van der Waals surface area contributed by atoms with Gasteiger partial charge in [-0.2, -0.15) is 0 Å². The first-order chi connectivity index (χ1) is 6.22. The van der Waals surface area contributed by atoms with E-state index in [1.807, 2.05) is 13.0 Å². The van der Waals surface area contributed by atoms with Gasteiger partial charge in [-0.25, -0.2) is 0 Å². The predicted octanol–water partition coefficient (Wildman–Crippen LogP) is 1.85. The van der Waals surface area contributed by atoms with Gasteiger partial charge in [-0.05, 0) is 22.0 Å². The summed E-state index contributed by atoms with van der Waals surface area (Å²) in [5, 5.41) is 8.76. The summed E-state index contributed by atoms with van der Waals surface area (Å²) in [7, 11) is 0. The number of aliphatic hydroxyl groups is 1. The largest absolute Gasteiger partial charge is 0.492 e. The van der Waals surface area contributed by atoms with E-state index in [0.29, 0.717) is 6.61 Å². The van der Waals surface area contributed by atoms with Crippen molar-refractivity contribution < 1.29 is 9.84 Å². The van der Waals surface area contributed by atoms with E-state index in [1.165, 1.54) is 0 Å². The van der Waals surface area contributed by atoms with E-state index in [9.17, 15) is 0 Å². The van der Waals surface area contributed by atoms with Gasteiger partial charge in [0, 0.05) is 23.2 Å². The number of aromatic nitrogens is 1. The van der Waals surface area contributed by atoms with Gasteiger partial charge in [0.25, 0.3) is 0 Å². The SMILES string of the molecule is CC(CO)COc1cncc(Br)c1. The molecule has 0 aliphatic heterocycles. The fourth-order valence-electron chi connectivity index (χ4n) is 0.762. The number of pyridine rings is 1. The highest BCUT2D eigenvalue weighted by Crippen LogP contribution is 2.16. The maximum Gasteiger partial charge on any atom is 0.138 e. The molecule has 0 amide bonds. The fourth-order valence-corrected chi connectivity index (χ4v) is 1.11. The van der Waals surface area contributed by atoms with Crippen LogP contribution in [0.1, 0.15) is 6.92 Å². The minimum atomic E-state index is 0.140. The van der Waals surface area contributed by atoms with Crippen LogP contribution in [0.3, 0.4) is 0 Å². The number of nitrogens with zero attached hydrogens (tertiary/aromatic N) is 1. The Bertz CT molecular complexity index is 268. The molecule has 3 nitrogen and oxygen atoms in total. The normalized spacial score (nSPS) is 12.5. The number of aliphatic hydroxyl groups excluding tert-OH is 1. The Hall–Kier alpha value is -0.610. The molecule has 1 N–H and O–H groups in total. The van der Waals surface area contributed by atoms with Crippen LogP contribution >= 0.6 is 15.9 Å². The van der Waals surface area contributed by atoms with E-state index in [1.54, 1.807) is 12.4 Å². The highest BCUT2D eigenvalue weighted by Gasteiger charge is 2.01. The van der Waals surface area contributed by atoms with Crippen LogP contribution in [-0.4, -0.2) is 23.3 Å². The van der Waals surface area contributed by atoms with Crippen molar-refractivity contribution in [1.29, 1.82) is 0 Å². The van der Waals surface area contributed by atoms with Crippen molar-refractivity contribution >= 4 is 15.9 Å². The minimum Gasteiger partial charge on any atom is -0.492 e. The first-order valence-corrected chi connectivity index (χ1v) is 4.86. The van der Waals surface area contributed by atoms with Crippen molar-refractivity contribution in [2.75, 3.05) is 13.2 Å². The molecular formula is C9H12BrNO2. The molecule has 0 aliphatic carbocycles. The summed E-state index contributed by atoms with van der Waals surface area (Å²) in [6, 6.07) is 1.84. The summed E-state index contributed by atoms with van der Waals surface area (Å²) >= 11 is 3.29. The average molecular weight is 246 g/mol. The van der Waals surface area contributed by atoms with Crippen molar-refractivity contribution in [2.24, 2.45) is 5.92 Å². The highest BCUT2D eigenvalue weighted by molar-refractivity contribution is 9.10. The van der Waals surface area contributed by atoms with Gasteiger partial charge in [-0.15, -0.1) is 0 Å². The quantitative estimate of drug-likeness (QED) is 0.881. The summed E-state index contributed by atoms with van der Waals surface area (Å²) in [4.78, 5) is 3.95. The van der Waals surface area contributed by atoms with Gasteiger partial charge in [0.05, 0.1) is 12.8 Å². The number of hydrogen-bond donors (Lipinski definition) is 1. The second kappa shape index (κ2) is 5.19. The summed E-state index contributed by atoms with van der Waals surface area (Å²) in [6.07, 6.45) is 3.34. The lowest BCUT2D eigenvalue weighted by Gasteiger charge is -2.09. The average Bonchev–Trinajstić information content (AvgIpc) is 2.14. The van der Waals surface area contributed by atoms with Crippen molar-refractivity contribution in [3.8, 4) is 5.75 Å². The molecule has 0 spiro atoms. The molecule has 1 atom stereocenters. The first-order valence-electron chi connectivity index (χ1n) is 4.06. The lowest BCUT2D eigenvalue weighted by Crippen LogP contribution is -2.12. The van der Waals surface area contributed by atoms with E-state index in [0.717, 1.165) is 10.2 Å². The molecule has 0 bridgehead atoms. The molecule has 4 heteroatoms. The van der Waals surface area contributed by atoms with Crippen LogP contribution in [0.2, 0.25) is 0 Å². The van der Waals surface area contributed by atoms with Gasteiger partial charge in [0.15, 0.2) is 0 Å². The van der Waals surface area contributed by atoms with E-state index in [-0.39, 0.29) is 12.5 Å². The zero-order valence-corrected chi connectivity index (χ0v) is 8.99. The van der Waals surface area contributed by atoms with Crippen LogP contribution < -0.4 is 4.74 Å². The Morgan fingerprint density at radius 3 is 3.00 bits per heavy atom. The van der Waals surface area contributed by atoms with Gasteiger partial charge in [0.1, 0.15) is 5.75 Å². The topological polar surface area (TPSA) is 42.4 Å². The second-order valence-corrected chi connectivity index (χ2v) is 3.85. The molecule has 0 fully saturated rings. The molecule has 0 saturated heterocycles. The molecule has 1 rings (SSSR count). The zero-order valence-electron chi connectivity index (χ0n) is 7.40. The lowest BCUT2D eigenvalue weighted by atomic mass is 10.2. The Morgan fingerprint density at radius 2 is 2.38 bits per heavy atom. The van der Waals surface area contributed by atoms with E-state index in [4.69, 9.17) is 9.84 Å². The van der Waals surface area contributed by atoms with Crippen LogP contribution in [0.5, 0.6) is 5.75 Å². The van der Waals surface area contributed by atoms with Crippen molar-refractivity contribution in [3.63, 3.8) is 0 Å². The van der Waals surface area contributed by atoms with Crippen LogP contribution in [-0.2, 0) is 0 Å². The van der Waals surface area contributed by atoms with E-state index < -0.39 is 0 Å². The third kappa shape index (κ3) is 3.74. The molecule has 0 aliphatic rings. The Morgan fingerprint density at radius 1 is 1.62 bits per heavy atom. The number of rotatable bonds is 4. The predicted molar refractivity (Wildman–Crippen MR) is 53.7 cm³/mol.